The van der Waals surface area contributed by atoms with E-state index in [2.05, 4.69) is 86.1 Å². The van der Waals surface area contributed by atoms with Crippen LogP contribution < -0.4 is 10.3 Å². The van der Waals surface area contributed by atoms with E-state index < -0.39 is 16.1 Å². The van der Waals surface area contributed by atoms with Crippen molar-refractivity contribution in [3.8, 4) is 16.9 Å². The van der Waals surface area contributed by atoms with Crippen LogP contribution in [-0.4, -0.2) is 94.8 Å². The van der Waals surface area contributed by atoms with Crippen molar-refractivity contribution in [1.29, 1.82) is 0 Å². The molecule has 2 aromatic carbocycles. The minimum atomic E-state index is -1.24. The van der Waals surface area contributed by atoms with Crippen LogP contribution in [0, 0.1) is 0 Å². The predicted molar refractivity (Wildman–Crippen MR) is 198 cm³/mol. The first-order chi connectivity index (χ1) is 22.2. The lowest BCUT2D eigenvalue weighted by Gasteiger charge is -2.37. The summed E-state index contributed by atoms with van der Waals surface area (Å²) in [5.41, 5.74) is 4.59. The van der Waals surface area contributed by atoms with E-state index in [-0.39, 0.29) is 19.1 Å². The van der Waals surface area contributed by atoms with Crippen molar-refractivity contribution in [3.63, 3.8) is 0 Å². The van der Waals surface area contributed by atoms with E-state index >= 15 is 0 Å². The molecule has 11 heteroatoms. The quantitative estimate of drug-likeness (QED) is 0.0881. The van der Waals surface area contributed by atoms with Gasteiger partial charge in [0.15, 0.2) is 6.79 Å². The minimum absolute atomic E-state index is 0.0987. The molecule has 0 N–H and O–H groups in total. The van der Waals surface area contributed by atoms with E-state index in [1.165, 1.54) is 5.56 Å². The third-order valence-corrected chi connectivity index (χ3v) is 12.1. The van der Waals surface area contributed by atoms with Gasteiger partial charge in [0.2, 0.25) is 0 Å². The Bertz CT molecular complexity index is 1510. The maximum Gasteiger partial charge on any atom is 0.263 e. The molecular weight excluding hydrogens is 625 g/mol. The number of methoxy groups -OCH3 is 1. The van der Waals surface area contributed by atoms with Gasteiger partial charge >= 0.3 is 0 Å². The zero-order valence-electron chi connectivity index (χ0n) is 30.4. The average Bonchev–Trinajstić information content (AvgIpc) is 2.99. The predicted octanol–water partition coefficient (Wildman–Crippen LogP) is 6.74. The zero-order chi connectivity index (χ0) is 34.2. The van der Waals surface area contributed by atoms with Crippen LogP contribution in [0.1, 0.15) is 25.0 Å². The topological polar surface area (TPSA) is 78.3 Å². The lowest BCUT2D eigenvalue weighted by atomic mass is 9.96. The molecule has 1 aromatic heterocycles. The Morgan fingerprint density at radius 3 is 2.21 bits per heavy atom. The van der Waals surface area contributed by atoms with Crippen molar-refractivity contribution >= 4 is 27.1 Å². The monoisotopic (exact) mass is 682 g/mol. The van der Waals surface area contributed by atoms with Gasteiger partial charge < -0.3 is 18.9 Å². The Kier molecular flexibility index (Phi) is 13.4. The van der Waals surface area contributed by atoms with Crippen molar-refractivity contribution < 1.29 is 18.9 Å². The SMILES string of the molecule is COCc1cc(CN2CCN(C(C)C)CC2)ccc1-c1cc(OCOCC[Si](C)(C)C)c2ncn(COCC[Si](C)(C)C)c(=O)c2c1. The molecule has 0 saturated carbocycles. The minimum Gasteiger partial charge on any atom is -0.465 e. The summed E-state index contributed by atoms with van der Waals surface area (Å²) in [6.45, 7) is 25.7. The molecule has 2 heterocycles. The van der Waals surface area contributed by atoms with Gasteiger partial charge in [0.05, 0.1) is 12.0 Å². The van der Waals surface area contributed by atoms with Crippen molar-refractivity contribution in [2.75, 3.05) is 53.3 Å². The van der Waals surface area contributed by atoms with Crippen LogP contribution in [0.3, 0.4) is 0 Å². The molecule has 260 valence electrons. The second-order valence-electron chi connectivity index (χ2n) is 15.5. The lowest BCUT2D eigenvalue weighted by Crippen LogP contribution is -2.48. The fourth-order valence-electron chi connectivity index (χ4n) is 5.68. The van der Waals surface area contributed by atoms with Crippen LogP contribution in [0.2, 0.25) is 51.4 Å². The van der Waals surface area contributed by atoms with Gasteiger partial charge in [0, 0.05) is 75.2 Å². The highest BCUT2D eigenvalue weighted by Gasteiger charge is 2.20. The third kappa shape index (κ3) is 11.3. The molecule has 1 saturated heterocycles. The fourth-order valence-corrected chi connectivity index (χ4v) is 7.19. The van der Waals surface area contributed by atoms with E-state index in [1.807, 2.05) is 12.1 Å². The maximum atomic E-state index is 13.8. The Labute approximate surface area is 284 Å². The van der Waals surface area contributed by atoms with Gasteiger partial charge in [-0.1, -0.05) is 57.5 Å². The van der Waals surface area contributed by atoms with Crippen molar-refractivity contribution in [2.45, 2.75) is 91.1 Å². The standard InChI is InChI=1S/C36H58N4O5Si2/c1-28(2)39-14-12-38(13-15-39)23-29-10-11-32(31(20-29)24-42-3)30-21-33-35(34(22-30)45-27-44-17-19-47(7,8)9)37-25-40(36(33)41)26-43-16-18-46(4,5)6/h10-11,20-22,25,28H,12-19,23-24,26-27H2,1-9H3. The first-order valence-corrected chi connectivity index (χ1v) is 24.5. The van der Waals surface area contributed by atoms with Crippen LogP contribution in [0.15, 0.2) is 41.5 Å². The molecule has 3 aromatic rings. The molecule has 0 unspecified atom stereocenters. The Balaban J connectivity index is 1.63. The molecule has 47 heavy (non-hydrogen) atoms. The second-order valence-corrected chi connectivity index (χ2v) is 26.8. The van der Waals surface area contributed by atoms with Gasteiger partial charge in [0.1, 0.15) is 24.3 Å². The average molecular weight is 683 g/mol. The number of piperazine rings is 1. The number of hydrogen-bond acceptors (Lipinski definition) is 8. The molecule has 4 rings (SSSR count). The molecule has 1 aliphatic rings. The lowest BCUT2D eigenvalue weighted by molar-refractivity contribution is 0.0228. The van der Waals surface area contributed by atoms with Crippen molar-refractivity contribution in [3.05, 3.63) is 58.1 Å². The summed E-state index contributed by atoms with van der Waals surface area (Å²) in [5.74, 6) is 0.532. The summed E-state index contributed by atoms with van der Waals surface area (Å²) >= 11 is 0. The summed E-state index contributed by atoms with van der Waals surface area (Å²) in [4.78, 5) is 23.6. The van der Waals surface area contributed by atoms with Gasteiger partial charge in [-0.3, -0.25) is 19.2 Å². The number of aromatic nitrogens is 2. The molecule has 0 amide bonds. The smallest absolute Gasteiger partial charge is 0.263 e. The van der Waals surface area contributed by atoms with Gasteiger partial charge in [-0.05, 0) is 60.3 Å². The van der Waals surface area contributed by atoms with E-state index in [1.54, 1.807) is 18.0 Å². The molecule has 0 spiro atoms. The van der Waals surface area contributed by atoms with Crippen molar-refractivity contribution in [2.24, 2.45) is 0 Å². The van der Waals surface area contributed by atoms with Crippen LogP contribution >= 0.6 is 0 Å². The van der Waals surface area contributed by atoms with E-state index in [0.29, 0.717) is 42.5 Å². The number of hydrogen-bond donors (Lipinski definition) is 0. The molecule has 0 radical (unpaired) electrons. The summed E-state index contributed by atoms with van der Waals surface area (Å²) in [5, 5.41) is 0.492. The van der Waals surface area contributed by atoms with Gasteiger partial charge in [0.25, 0.3) is 5.56 Å². The first-order valence-electron chi connectivity index (χ1n) is 17.1. The van der Waals surface area contributed by atoms with Crippen molar-refractivity contribution in [1.82, 2.24) is 19.4 Å². The van der Waals surface area contributed by atoms with E-state index in [4.69, 9.17) is 18.9 Å². The summed E-state index contributed by atoms with van der Waals surface area (Å²) in [6, 6.07) is 13.2. The number of benzene rings is 2. The fraction of sp³-hybridized carbons (Fsp3) is 0.611. The van der Waals surface area contributed by atoms with Crippen LogP contribution in [0.4, 0.5) is 0 Å². The van der Waals surface area contributed by atoms with E-state index in [9.17, 15) is 4.79 Å². The third-order valence-electron chi connectivity index (χ3n) is 8.74. The van der Waals surface area contributed by atoms with Gasteiger partial charge in [-0.15, -0.1) is 0 Å². The number of rotatable bonds is 17. The van der Waals surface area contributed by atoms with Gasteiger partial charge in [-0.25, -0.2) is 4.98 Å². The highest BCUT2D eigenvalue weighted by Crippen LogP contribution is 2.33. The van der Waals surface area contributed by atoms with Crippen LogP contribution in [-0.2, 0) is 34.1 Å². The van der Waals surface area contributed by atoms with E-state index in [0.717, 1.165) is 61.5 Å². The van der Waals surface area contributed by atoms with Crippen LogP contribution in [0.25, 0.3) is 22.0 Å². The van der Waals surface area contributed by atoms with Gasteiger partial charge in [-0.2, -0.15) is 0 Å². The summed E-state index contributed by atoms with van der Waals surface area (Å²) in [6.07, 6.45) is 1.56. The molecule has 1 aliphatic heterocycles. The summed E-state index contributed by atoms with van der Waals surface area (Å²) in [7, 11) is -0.745. The number of nitrogens with zero attached hydrogens (tertiary/aromatic N) is 4. The number of fused-ring (bicyclic) bond motifs is 1. The molecule has 0 aliphatic carbocycles. The Hall–Kier alpha value is -2.39. The highest BCUT2D eigenvalue weighted by molar-refractivity contribution is 6.76. The molecular formula is C36H58N4O5Si2. The maximum absolute atomic E-state index is 13.8. The summed E-state index contributed by atoms with van der Waals surface area (Å²) < 4.78 is 25.2. The van der Waals surface area contributed by atoms with Crippen LogP contribution in [0.5, 0.6) is 5.75 Å². The molecule has 0 atom stereocenters. The first kappa shape index (κ1) is 37.4. The zero-order valence-corrected chi connectivity index (χ0v) is 32.4. The normalized spacial score (nSPS) is 15.2. The Morgan fingerprint density at radius 1 is 0.894 bits per heavy atom. The number of ether oxygens (including phenoxy) is 4. The molecule has 1 fully saturated rings. The Morgan fingerprint density at radius 2 is 1.57 bits per heavy atom. The highest BCUT2D eigenvalue weighted by atomic mass is 28.3. The second kappa shape index (κ2) is 16.8. The largest absolute Gasteiger partial charge is 0.465 e. The molecule has 9 nitrogen and oxygen atoms in total. The molecule has 0 bridgehead atoms.